The lowest BCUT2D eigenvalue weighted by Gasteiger charge is -2.12. The molecule has 100 valence electrons. The maximum Gasteiger partial charge on any atom is 0.326 e. The first-order valence-electron chi connectivity index (χ1n) is 5.42. The Morgan fingerprint density at radius 1 is 1.61 bits per heavy atom. The summed E-state index contributed by atoms with van der Waals surface area (Å²) in [6.07, 6.45) is 2.20. The molecule has 1 atom stereocenters. The quantitative estimate of drug-likeness (QED) is 0.680. The lowest BCUT2D eigenvalue weighted by atomic mass is 10.2. The number of carboxylic acids is 1. The number of aromatic nitrogens is 3. The maximum absolute atomic E-state index is 10.9. The predicted octanol–water partition coefficient (Wildman–Crippen LogP) is 0.0277. The molecule has 8 heteroatoms. The summed E-state index contributed by atoms with van der Waals surface area (Å²) < 4.78 is 1.62. The van der Waals surface area contributed by atoms with Crippen LogP contribution in [0.2, 0.25) is 0 Å². The number of carbonyl (C=O) groups excluding carboxylic acids is 1. The van der Waals surface area contributed by atoms with Crippen molar-refractivity contribution in [3.05, 3.63) is 11.9 Å². The molecule has 0 aliphatic rings. The minimum absolute atomic E-state index is 0.332. The van der Waals surface area contributed by atoms with E-state index in [4.69, 9.17) is 5.11 Å². The van der Waals surface area contributed by atoms with Crippen LogP contribution in [0.25, 0.3) is 0 Å². The Bertz CT molecular complexity index is 421. The van der Waals surface area contributed by atoms with Crippen LogP contribution in [0.4, 0.5) is 0 Å². The van der Waals surface area contributed by atoms with Crippen LogP contribution >= 0.6 is 11.8 Å². The van der Waals surface area contributed by atoms with Crippen LogP contribution in [-0.4, -0.2) is 43.8 Å². The first-order valence-corrected chi connectivity index (χ1v) is 6.57. The molecule has 1 aromatic rings. The number of amides is 1. The Hall–Kier alpha value is -1.57. The van der Waals surface area contributed by atoms with Gasteiger partial charge in [-0.1, -0.05) is 5.21 Å². The first-order chi connectivity index (χ1) is 8.49. The summed E-state index contributed by atoms with van der Waals surface area (Å²) in [5.74, 6) is -0.0275. The van der Waals surface area contributed by atoms with Crippen molar-refractivity contribution in [2.24, 2.45) is 7.05 Å². The minimum atomic E-state index is -1.01. The third kappa shape index (κ3) is 5.17. The van der Waals surface area contributed by atoms with E-state index in [9.17, 15) is 9.59 Å². The minimum Gasteiger partial charge on any atom is -0.480 e. The highest BCUT2D eigenvalue weighted by atomic mass is 32.2. The molecule has 0 aromatic carbocycles. The molecule has 0 aliphatic heterocycles. The lowest BCUT2D eigenvalue weighted by molar-refractivity contribution is -0.141. The van der Waals surface area contributed by atoms with E-state index in [1.807, 2.05) is 6.20 Å². The summed E-state index contributed by atoms with van der Waals surface area (Å²) in [5.41, 5.74) is 0.855. The van der Waals surface area contributed by atoms with Gasteiger partial charge in [0.1, 0.15) is 6.04 Å². The molecule has 0 saturated heterocycles. The van der Waals surface area contributed by atoms with Crippen molar-refractivity contribution >= 4 is 23.6 Å². The molecule has 1 amide bonds. The molecule has 1 heterocycles. The van der Waals surface area contributed by atoms with Gasteiger partial charge >= 0.3 is 5.97 Å². The van der Waals surface area contributed by atoms with Gasteiger partial charge in [-0.15, -0.1) is 5.10 Å². The number of aryl methyl sites for hydroxylation is 1. The molecule has 0 saturated carbocycles. The lowest BCUT2D eigenvalue weighted by Crippen LogP contribution is -2.39. The smallest absolute Gasteiger partial charge is 0.326 e. The summed E-state index contributed by atoms with van der Waals surface area (Å²) >= 11 is 1.56. The van der Waals surface area contributed by atoms with E-state index in [2.05, 4.69) is 15.6 Å². The number of nitrogens with one attached hydrogen (secondary N) is 1. The van der Waals surface area contributed by atoms with E-state index in [0.29, 0.717) is 17.9 Å². The van der Waals surface area contributed by atoms with Crippen LogP contribution in [-0.2, 0) is 22.4 Å². The van der Waals surface area contributed by atoms with Crippen LogP contribution in [0.3, 0.4) is 0 Å². The summed E-state index contributed by atoms with van der Waals surface area (Å²) in [5, 5.41) is 19.0. The molecule has 0 bridgehead atoms. The zero-order chi connectivity index (χ0) is 13.5. The van der Waals surface area contributed by atoms with Crippen LogP contribution in [0.15, 0.2) is 6.20 Å². The second-order valence-corrected chi connectivity index (χ2v) is 4.92. The number of hydrogen-bond donors (Lipinski definition) is 2. The van der Waals surface area contributed by atoms with Gasteiger partial charge in [-0.05, 0) is 12.2 Å². The van der Waals surface area contributed by atoms with Gasteiger partial charge < -0.3 is 10.4 Å². The van der Waals surface area contributed by atoms with Gasteiger partial charge in [-0.2, -0.15) is 11.8 Å². The number of rotatable bonds is 7. The second-order valence-electron chi connectivity index (χ2n) is 3.82. The molecular formula is C10H16N4O3S. The number of carboxylic acid groups (broad SMARTS) is 1. The summed E-state index contributed by atoms with van der Waals surface area (Å²) in [6, 6.07) is -0.822. The SMILES string of the molecule is CC(=O)NC(CCSCc1cn(C)nn1)C(=O)O. The number of thioether (sulfide) groups is 1. The fraction of sp³-hybridized carbons (Fsp3) is 0.600. The van der Waals surface area contributed by atoms with E-state index in [-0.39, 0.29) is 5.91 Å². The van der Waals surface area contributed by atoms with E-state index in [1.54, 1.807) is 23.5 Å². The van der Waals surface area contributed by atoms with Crippen LogP contribution in [0.1, 0.15) is 19.0 Å². The van der Waals surface area contributed by atoms with E-state index >= 15 is 0 Å². The monoisotopic (exact) mass is 272 g/mol. The third-order valence-corrected chi connectivity index (χ3v) is 3.15. The number of nitrogens with zero attached hydrogens (tertiary/aromatic N) is 3. The molecule has 0 fully saturated rings. The highest BCUT2D eigenvalue weighted by Gasteiger charge is 2.17. The largest absolute Gasteiger partial charge is 0.480 e. The number of hydrogen-bond acceptors (Lipinski definition) is 5. The molecule has 2 N–H and O–H groups in total. The normalized spacial score (nSPS) is 12.1. The van der Waals surface area contributed by atoms with Gasteiger partial charge in [0.2, 0.25) is 5.91 Å². The number of carbonyl (C=O) groups is 2. The summed E-state index contributed by atoms with van der Waals surface area (Å²) in [6.45, 7) is 1.31. The van der Waals surface area contributed by atoms with Crippen molar-refractivity contribution in [1.29, 1.82) is 0 Å². The van der Waals surface area contributed by atoms with Gasteiger partial charge in [0, 0.05) is 25.9 Å². The zero-order valence-corrected chi connectivity index (χ0v) is 11.1. The first kappa shape index (κ1) is 14.5. The maximum atomic E-state index is 10.9. The molecule has 1 aromatic heterocycles. The highest BCUT2D eigenvalue weighted by Crippen LogP contribution is 2.11. The van der Waals surface area contributed by atoms with Crippen LogP contribution in [0, 0.1) is 0 Å². The van der Waals surface area contributed by atoms with Gasteiger partial charge in [0.05, 0.1) is 5.69 Å². The summed E-state index contributed by atoms with van der Waals surface area (Å²) in [7, 11) is 1.79. The summed E-state index contributed by atoms with van der Waals surface area (Å²) in [4.78, 5) is 21.7. The van der Waals surface area contributed by atoms with E-state index < -0.39 is 12.0 Å². The third-order valence-electron chi connectivity index (χ3n) is 2.13. The van der Waals surface area contributed by atoms with Crippen molar-refractivity contribution in [3.8, 4) is 0 Å². The molecule has 1 unspecified atom stereocenters. The van der Waals surface area contributed by atoms with Crippen molar-refractivity contribution in [3.63, 3.8) is 0 Å². The fourth-order valence-corrected chi connectivity index (χ4v) is 2.23. The van der Waals surface area contributed by atoms with Gasteiger partial charge in [-0.3, -0.25) is 9.48 Å². The highest BCUT2D eigenvalue weighted by molar-refractivity contribution is 7.98. The van der Waals surface area contributed by atoms with Crippen molar-refractivity contribution in [2.75, 3.05) is 5.75 Å². The van der Waals surface area contributed by atoms with E-state index in [1.165, 1.54) is 6.92 Å². The molecule has 0 aliphatic carbocycles. The Labute approximate surface area is 109 Å². The average molecular weight is 272 g/mol. The van der Waals surface area contributed by atoms with Crippen LogP contribution in [0.5, 0.6) is 0 Å². The fourth-order valence-electron chi connectivity index (χ4n) is 1.34. The molecule has 1 rings (SSSR count). The van der Waals surface area contributed by atoms with Crippen molar-refractivity contribution in [1.82, 2.24) is 20.3 Å². The Morgan fingerprint density at radius 2 is 2.33 bits per heavy atom. The van der Waals surface area contributed by atoms with E-state index in [0.717, 1.165) is 5.69 Å². The molecule has 0 radical (unpaired) electrons. The molecular weight excluding hydrogens is 256 g/mol. The number of aliphatic carboxylic acids is 1. The topological polar surface area (TPSA) is 97.1 Å². The second kappa shape index (κ2) is 7.00. The Balaban J connectivity index is 2.26. The predicted molar refractivity (Wildman–Crippen MR) is 67.0 cm³/mol. The molecule has 18 heavy (non-hydrogen) atoms. The Kier molecular flexibility index (Phi) is 5.63. The van der Waals surface area contributed by atoms with Crippen LogP contribution < -0.4 is 5.32 Å². The van der Waals surface area contributed by atoms with Gasteiger partial charge in [0.25, 0.3) is 0 Å². The zero-order valence-electron chi connectivity index (χ0n) is 10.3. The van der Waals surface area contributed by atoms with Gasteiger partial charge in [0.15, 0.2) is 0 Å². The average Bonchev–Trinajstić information content (AvgIpc) is 2.68. The molecule has 0 spiro atoms. The standard InChI is InChI=1S/C10H16N4O3S/c1-7(15)11-9(10(16)17)3-4-18-6-8-5-14(2)13-12-8/h5,9H,3-4,6H2,1-2H3,(H,11,15)(H,16,17). The van der Waals surface area contributed by atoms with Crippen molar-refractivity contribution < 1.29 is 14.7 Å². The van der Waals surface area contributed by atoms with Gasteiger partial charge in [-0.25, -0.2) is 4.79 Å². The Morgan fingerprint density at radius 3 is 2.83 bits per heavy atom. The molecule has 7 nitrogen and oxygen atoms in total. The van der Waals surface area contributed by atoms with Crippen molar-refractivity contribution in [2.45, 2.75) is 25.1 Å².